The van der Waals surface area contributed by atoms with Gasteiger partial charge in [-0.3, -0.25) is 4.79 Å². The second kappa shape index (κ2) is 5.65. The highest BCUT2D eigenvalue weighted by atomic mass is 35.5. The van der Waals surface area contributed by atoms with Crippen molar-refractivity contribution in [2.75, 3.05) is 11.9 Å². The van der Waals surface area contributed by atoms with Crippen molar-refractivity contribution in [2.24, 2.45) is 0 Å². The Kier molecular flexibility index (Phi) is 3.95. The highest BCUT2D eigenvalue weighted by Crippen LogP contribution is 2.19. The standard InChI is InChI=1S/C14H13ClN2O/c1-17(10-11-6-3-2-4-7-11)14-12(13(15)18)8-5-9-16-14/h2-9H,10H2,1H3. The van der Waals surface area contributed by atoms with E-state index in [1.807, 2.05) is 42.3 Å². The van der Waals surface area contributed by atoms with Gasteiger partial charge < -0.3 is 4.90 Å². The molecule has 0 aliphatic carbocycles. The molecule has 1 aromatic heterocycles. The van der Waals surface area contributed by atoms with Crippen molar-refractivity contribution >= 4 is 22.7 Å². The van der Waals surface area contributed by atoms with E-state index in [9.17, 15) is 4.79 Å². The fourth-order valence-corrected chi connectivity index (χ4v) is 1.93. The lowest BCUT2D eigenvalue weighted by atomic mass is 10.2. The molecule has 0 N–H and O–H groups in total. The molecule has 0 radical (unpaired) electrons. The summed E-state index contributed by atoms with van der Waals surface area (Å²) in [6, 6.07) is 13.4. The summed E-state index contributed by atoms with van der Waals surface area (Å²) in [6.45, 7) is 0.676. The Morgan fingerprint density at radius 3 is 2.61 bits per heavy atom. The molecule has 0 fully saturated rings. The molecule has 0 amide bonds. The van der Waals surface area contributed by atoms with E-state index in [0.717, 1.165) is 5.56 Å². The van der Waals surface area contributed by atoms with E-state index in [4.69, 9.17) is 11.6 Å². The van der Waals surface area contributed by atoms with Crippen molar-refractivity contribution in [1.82, 2.24) is 4.98 Å². The van der Waals surface area contributed by atoms with Gasteiger partial charge in [0.25, 0.3) is 5.24 Å². The number of rotatable bonds is 4. The molecule has 0 saturated carbocycles. The number of hydrogen-bond acceptors (Lipinski definition) is 3. The lowest BCUT2D eigenvalue weighted by Gasteiger charge is -2.19. The summed E-state index contributed by atoms with van der Waals surface area (Å²) in [4.78, 5) is 17.4. The third-order valence-corrected chi connectivity index (χ3v) is 2.83. The monoisotopic (exact) mass is 260 g/mol. The quantitative estimate of drug-likeness (QED) is 0.792. The van der Waals surface area contributed by atoms with Crippen LogP contribution in [0.1, 0.15) is 15.9 Å². The number of nitrogens with zero attached hydrogens (tertiary/aromatic N) is 2. The molecule has 18 heavy (non-hydrogen) atoms. The van der Waals surface area contributed by atoms with E-state index >= 15 is 0 Å². The van der Waals surface area contributed by atoms with Crippen LogP contribution in [-0.2, 0) is 6.54 Å². The Balaban J connectivity index is 2.24. The number of carbonyl (C=O) groups excluding carboxylic acids is 1. The molecule has 0 unspecified atom stereocenters. The first-order valence-corrected chi connectivity index (χ1v) is 5.96. The second-order valence-electron chi connectivity index (χ2n) is 3.99. The maximum Gasteiger partial charge on any atom is 0.256 e. The topological polar surface area (TPSA) is 33.2 Å². The van der Waals surface area contributed by atoms with Gasteiger partial charge in [0.15, 0.2) is 0 Å². The number of hydrogen-bond donors (Lipinski definition) is 0. The average Bonchev–Trinajstić information content (AvgIpc) is 2.40. The molecule has 2 aromatic rings. The first-order chi connectivity index (χ1) is 8.68. The molecule has 0 saturated heterocycles. The van der Waals surface area contributed by atoms with Crippen LogP contribution in [-0.4, -0.2) is 17.3 Å². The fourth-order valence-electron chi connectivity index (χ4n) is 1.79. The summed E-state index contributed by atoms with van der Waals surface area (Å²) in [5.74, 6) is 0.598. The van der Waals surface area contributed by atoms with E-state index in [1.54, 1.807) is 18.3 Å². The summed E-state index contributed by atoms with van der Waals surface area (Å²) < 4.78 is 0. The van der Waals surface area contributed by atoms with Crippen LogP contribution in [0, 0.1) is 0 Å². The van der Waals surface area contributed by atoms with Gasteiger partial charge >= 0.3 is 0 Å². The molecule has 1 aromatic carbocycles. The van der Waals surface area contributed by atoms with Gasteiger partial charge in [0, 0.05) is 19.8 Å². The lowest BCUT2D eigenvalue weighted by Crippen LogP contribution is -2.19. The van der Waals surface area contributed by atoms with Crippen molar-refractivity contribution < 1.29 is 4.79 Å². The SMILES string of the molecule is CN(Cc1ccccc1)c1ncccc1C(=O)Cl. The largest absolute Gasteiger partial charge is 0.355 e. The van der Waals surface area contributed by atoms with Crippen LogP contribution in [0.4, 0.5) is 5.82 Å². The van der Waals surface area contributed by atoms with Crippen molar-refractivity contribution in [3.8, 4) is 0 Å². The minimum absolute atomic E-state index is 0.428. The first-order valence-electron chi connectivity index (χ1n) is 5.58. The van der Waals surface area contributed by atoms with Crippen molar-refractivity contribution in [3.05, 3.63) is 59.8 Å². The Labute approximate surface area is 111 Å². The molecular weight excluding hydrogens is 248 g/mol. The van der Waals surface area contributed by atoms with Crippen molar-refractivity contribution in [1.29, 1.82) is 0 Å². The van der Waals surface area contributed by atoms with Gasteiger partial charge in [-0.05, 0) is 29.3 Å². The van der Waals surface area contributed by atoms with Crippen LogP contribution in [0.5, 0.6) is 0 Å². The van der Waals surface area contributed by atoms with Crippen LogP contribution in [0.15, 0.2) is 48.7 Å². The van der Waals surface area contributed by atoms with Crippen LogP contribution in [0.25, 0.3) is 0 Å². The molecular formula is C14H13ClN2O. The predicted octanol–water partition coefficient (Wildman–Crippen LogP) is 3.10. The fraction of sp³-hybridized carbons (Fsp3) is 0.143. The number of benzene rings is 1. The second-order valence-corrected chi connectivity index (χ2v) is 4.33. The zero-order valence-electron chi connectivity index (χ0n) is 10.0. The van der Waals surface area contributed by atoms with Gasteiger partial charge in [0.05, 0.1) is 5.56 Å². The zero-order valence-corrected chi connectivity index (χ0v) is 10.8. The van der Waals surface area contributed by atoms with E-state index in [0.29, 0.717) is 17.9 Å². The maximum absolute atomic E-state index is 11.3. The predicted molar refractivity (Wildman–Crippen MR) is 73.0 cm³/mol. The van der Waals surface area contributed by atoms with E-state index in [1.165, 1.54) is 0 Å². The number of carbonyl (C=O) groups is 1. The number of pyridine rings is 1. The molecule has 4 heteroatoms. The van der Waals surface area contributed by atoms with Crippen LogP contribution in [0.3, 0.4) is 0 Å². The Morgan fingerprint density at radius 2 is 1.94 bits per heavy atom. The number of anilines is 1. The van der Waals surface area contributed by atoms with Gasteiger partial charge in [-0.15, -0.1) is 0 Å². The van der Waals surface area contributed by atoms with E-state index in [2.05, 4.69) is 4.98 Å². The Morgan fingerprint density at radius 1 is 1.22 bits per heavy atom. The van der Waals surface area contributed by atoms with Crippen LogP contribution in [0.2, 0.25) is 0 Å². The van der Waals surface area contributed by atoms with Crippen LogP contribution < -0.4 is 4.90 Å². The van der Waals surface area contributed by atoms with Gasteiger partial charge in [-0.1, -0.05) is 30.3 Å². The van der Waals surface area contributed by atoms with Gasteiger partial charge in [0.1, 0.15) is 5.82 Å². The summed E-state index contributed by atoms with van der Waals surface area (Å²) in [6.07, 6.45) is 1.65. The Bertz CT molecular complexity index is 543. The van der Waals surface area contributed by atoms with Crippen molar-refractivity contribution in [3.63, 3.8) is 0 Å². The third kappa shape index (κ3) is 2.87. The molecule has 2 rings (SSSR count). The molecule has 92 valence electrons. The highest BCUT2D eigenvalue weighted by Gasteiger charge is 2.13. The highest BCUT2D eigenvalue weighted by molar-refractivity contribution is 6.68. The molecule has 3 nitrogen and oxygen atoms in total. The summed E-state index contributed by atoms with van der Waals surface area (Å²) in [7, 11) is 1.89. The summed E-state index contributed by atoms with van der Waals surface area (Å²) >= 11 is 5.55. The van der Waals surface area contributed by atoms with Gasteiger partial charge in [-0.25, -0.2) is 4.98 Å². The summed E-state index contributed by atoms with van der Waals surface area (Å²) in [5, 5.41) is -0.488. The first kappa shape index (κ1) is 12.6. The smallest absolute Gasteiger partial charge is 0.256 e. The lowest BCUT2D eigenvalue weighted by molar-refractivity contribution is 0.108. The molecule has 0 aliphatic heterocycles. The number of aromatic nitrogens is 1. The third-order valence-electron chi connectivity index (χ3n) is 2.62. The molecule has 0 spiro atoms. The molecule has 1 heterocycles. The minimum Gasteiger partial charge on any atom is -0.355 e. The average molecular weight is 261 g/mol. The van der Waals surface area contributed by atoms with Gasteiger partial charge in [0.2, 0.25) is 0 Å². The maximum atomic E-state index is 11.3. The summed E-state index contributed by atoms with van der Waals surface area (Å²) in [5.41, 5.74) is 1.58. The normalized spacial score (nSPS) is 10.1. The van der Waals surface area contributed by atoms with E-state index < -0.39 is 5.24 Å². The van der Waals surface area contributed by atoms with Crippen molar-refractivity contribution in [2.45, 2.75) is 6.54 Å². The Hall–Kier alpha value is -1.87. The van der Waals surface area contributed by atoms with E-state index in [-0.39, 0.29) is 0 Å². The van der Waals surface area contributed by atoms with Crippen LogP contribution >= 0.6 is 11.6 Å². The molecule has 0 aliphatic rings. The molecule has 0 bridgehead atoms. The number of halogens is 1. The minimum atomic E-state index is -0.488. The molecule has 0 atom stereocenters. The zero-order chi connectivity index (χ0) is 13.0. The van der Waals surface area contributed by atoms with Gasteiger partial charge in [-0.2, -0.15) is 0 Å².